The third-order valence-electron chi connectivity index (χ3n) is 4.71. The van der Waals surface area contributed by atoms with Gasteiger partial charge in [0.25, 0.3) is 0 Å². The molecule has 0 radical (unpaired) electrons. The van der Waals surface area contributed by atoms with Crippen LogP contribution in [0.15, 0.2) is 59.1 Å². The molecule has 0 bridgehead atoms. The van der Waals surface area contributed by atoms with Gasteiger partial charge in [0.2, 0.25) is 11.8 Å². The van der Waals surface area contributed by atoms with Crippen LogP contribution >= 0.6 is 0 Å². The van der Waals surface area contributed by atoms with E-state index in [9.17, 15) is 4.79 Å². The summed E-state index contributed by atoms with van der Waals surface area (Å²) in [5.41, 5.74) is 3.39. The van der Waals surface area contributed by atoms with Crippen molar-refractivity contribution in [3.63, 3.8) is 0 Å². The standard InChI is InChI=1S/C21H21N3O2/c1-15-6-5-9-17(10-15)12-20(25)24-13-18(14-24)21-22-19(23-26-21)11-16-7-3-2-4-8-16/h2-10,18H,11-14H2,1H3. The van der Waals surface area contributed by atoms with E-state index in [0.29, 0.717) is 37.6 Å². The fraction of sp³-hybridized carbons (Fsp3) is 0.286. The SMILES string of the molecule is Cc1cccc(CC(=O)N2CC(c3nc(Cc4ccccc4)no3)C2)c1. The summed E-state index contributed by atoms with van der Waals surface area (Å²) in [6, 6.07) is 18.2. The highest BCUT2D eigenvalue weighted by molar-refractivity contribution is 5.79. The second-order valence-electron chi connectivity index (χ2n) is 6.87. The van der Waals surface area contributed by atoms with E-state index in [0.717, 1.165) is 11.1 Å². The summed E-state index contributed by atoms with van der Waals surface area (Å²) in [5, 5.41) is 4.07. The van der Waals surface area contributed by atoms with Gasteiger partial charge in [0, 0.05) is 19.5 Å². The number of aromatic nitrogens is 2. The van der Waals surface area contributed by atoms with Crippen molar-refractivity contribution < 1.29 is 9.32 Å². The molecule has 5 heteroatoms. The van der Waals surface area contributed by atoms with Crippen molar-refractivity contribution in [1.29, 1.82) is 0 Å². The van der Waals surface area contributed by atoms with Crippen molar-refractivity contribution in [3.8, 4) is 0 Å². The van der Waals surface area contributed by atoms with Gasteiger partial charge in [-0.05, 0) is 18.1 Å². The fourth-order valence-electron chi connectivity index (χ4n) is 3.23. The zero-order valence-corrected chi connectivity index (χ0v) is 14.8. The smallest absolute Gasteiger partial charge is 0.233 e. The summed E-state index contributed by atoms with van der Waals surface area (Å²) in [6.07, 6.45) is 1.10. The zero-order chi connectivity index (χ0) is 17.9. The van der Waals surface area contributed by atoms with Gasteiger partial charge in [-0.1, -0.05) is 65.3 Å². The molecule has 2 heterocycles. The normalized spacial score (nSPS) is 14.3. The number of aryl methyl sites for hydroxylation is 1. The minimum Gasteiger partial charge on any atom is -0.341 e. The van der Waals surface area contributed by atoms with Crippen LogP contribution in [0, 0.1) is 6.92 Å². The minimum absolute atomic E-state index is 0.147. The van der Waals surface area contributed by atoms with Gasteiger partial charge in [-0.2, -0.15) is 4.98 Å². The Bertz CT molecular complexity index is 898. The van der Waals surface area contributed by atoms with E-state index < -0.39 is 0 Å². The number of nitrogens with zero attached hydrogens (tertiary/aromatic N) is 3. The van der Waals surface area contributed by atoms with Gasteiger partial charge in [-0.3, -0.25) is 4.79 Å². The van der Waals surface area contributed by atoms with E-state index in [-0.39, 0.29) is 11.8 Å². The van der Waals surface area contributed by atoms with Gasteiger partial charge in [0.15, 0.2) is 5.82 Å². The van der Waals surface area contributed by atoms with E-state index in [1.807, 2.05) is 60.4 Å². The largest absolute Gasteiger partial charge is 0.341 e. The average molecular weight is 347 g/mol. The van der Waals surface area contributed by atoms with E-state index in [1.165, 1.54) is 5.56 Å². The van der Waals surface area contributed by atoms with Crippen molar-refractivity contribution in [2.24, 2.45) is 0 Å². The lowest BCUT2D eigenvalue weighted by molar-refractivity contribution is -0.135. The van der Waals surface area contributed by atoms with Gasteiger partial charge in [0.1, 0.15) is 0 Å². The molecule has 1 aliphatic heterocycles. The first kappa shape index (κ1) is 16.5. The van der Waals surface area contributed by atoms with Crippen LogP contribution in [0.25, 0.3) is 0 Å². The third-order valence-corrected chi connectivity index (χ3v) is 4.71. The zero-order valence-electron chi connectivity index (χ0n) is 14.8. The molecule has 2 aromatic carbocycles. The lowest BCUT2D eigenvalue weighted by Crippen LogP contribution is -2.49. The second-order valence-corrected chi connectivity index (χ2v) is 6.87. The Hall–Kier alpha value is -2.95. The number of rotatable bonds is 5. The molecule has 1 fully saturated rings. The molecule has 1 saturated heterocycles. The summed E-state index contributed by atoms with van der Waals surface area (Å²) in [7, 11) is 0. The number of hydrogen-bond donors (Lipinski definition) is 0. The lowest BCUT2D eigenvalue weighted by atomic mass is 9.98. The molecular weight excluding hydrogens is 326 g/mol. The first-order valence-electron chi connectivity index (χ1n) is 8.87. The molecule has 132 valence electrons. The average Bonchev–Trinajstić information content (AvgIpc) is 3.02. The predicted octanol–water partition coefficient (Wildman–Crippen LogP) is 3.14. The Morgan fingerprint density at radius 1 is 1.12 bits per heavy atom. The molecule has 1 aliphatic rings. The summed E-state index contributed by atoms with van der Waals surface area (Å²) in [4.78, 5) is 18.7. The molecule has 0 N–H and O–H groups in total. The minimum atomic E-state index is 0.147. The topological polar surface area (TPSA) is 59.2 Å². The van der Waals surface area contributed by atoms with Crippen LogP contribution in [-0.4, -0.2) is 34.0 Å². The molecule has 4 rings (SSSR count). The highest BCUT2D eigenvalue weighted by atomic mass is 16.5. The number of hydrogen-bond acceptors (Lipinski definition) is 4. The molecule has 5 nitrogen and oxygen atoms in total. The maximum atomic E-state index is 12.4. The van der Waals surface area contributed by atoms with Crippen molar-refractivity contribution in [2.75, 3.05) is 13.1 Å². The molecule has 0 aliphatic carbocycles. The van der Waals surface area contributed by atoms with Crippen LogP contribution in [0.2, 0.25) is 0 Å². The number of carbonyl (C=O) groups excluding carboxylic acids is 1. The van der Waals surface area contributed by atoms with Gasteiger partial charge in [-0.25, -0.2) is 0 Å². The summed E-state index contributed by atoms with van der Waals surface area (Å²) in [6.45, 7) is 3.34. The van der Waals surface area contributed by atoms with Crippen molar-refractivity contribution in [1.82, 2.24) is 15.0 Å². The third kappa shape index (κ3) is 3.67. The lowest BCUT2D eigenvalue weighted by Gasteiger charge is -2.37. The molecule has 1 amide bonds. The molecule has 26 heavy (non-hydrogen) atoms. The van der Waals surface area contributed by atoms with Crippen LogP contribution in [0.5, 0.6) is 0 Å². The molecular formula is C21H21N3O2. The van der Waals surface area contributed by atoms with Crippen LogP contribution in [0.3, 0.4) is 0 Å². The first-order chi connectivity index (χ1) is 12.7. The second kappa shape index (κ2) is 7.12. The quantitative estimate of drug-likeness (QED) is 0.711. The maximum Gasteiger partial charge on any atom is 0.233 e. The van der Waals surface area contributed by atoms with Crippen LogP contribution < -0.4 is 0 Å². The summed E-state index contributed by atoms with van der Waals surface area (Å²) in [5.74, 6) is 1.62. The van der Waals surface area contributed by atoms with Gasteiger partial charge in [0.05, 0.1) is 12.3 Å². The Morgan fingerprint density at radius 2 is 1.88 bits per heavy atom. The number of benzene rings is 2. The van der Waals surface area contributed by atoms with Gasteiger partial charge in [-0.15, -0.1) is 0 Å². The Labute approximate surface area is 152 Å². The van der Waals surface area contributed by atoms with Crippen molar-refractivity contribution in [2.45, 2.75) is 25.7 Å². The molecule has 0 atom stereocenters. The molecule has 0 saturated carbocycles. The van der Waals surface area contributed by atoms with Crippen LogP contribution in [-0.2, 0) is 17.6 Å². The van der Waals surface area contributed by atoms with Crippen LogP contribution in [0.4, 0.5) is 0 Å². The molecule has 0 spiro atoms. The van der Waals surface area contributed by atoms with Crippen molar-refractivity contribution in [3.05, 3.63) is 83.0 Å². The Morgan fingerprint density at radius 3 is 2.65 bits per heavy atom. The number of carbonyl (C=O) groups is 1. The highest BCUT2D eigenvalue weighted by Gasteiger charge is 2.35. The van der Waals surface area contributed by atoms with E-state index in [2.05, 4.69) is 16.2 Å². The van der Waals surface area contributed by atoms with E-state index in [4.69, 9.17) is 4.52 Å². The summed E-state index contributed by atoms with van der Waals surface area (Å²) < 4.78 is 5.40. The molecule has 0 unspecified atom stereocenters. The predicted molar refractivity (Wildman–Crippen MR) is 97.8 cm³/mol. The highest BCUT2D eigenvalue weighted by Crippen LogP contribution is 2.26. The first-order valence-corrected chi connectivity index (χ1v) is 8.87. The number of amides is 1. The van der Waals surface area contributed by atoms with Crippen molar-refractivity contribution >= 4 is 5.91 Å². The maximum absolute atomic E-state index is 12.4. The molecule has 1 aromatic heterocycles. The Kier molecular flexibility index (Phi) is 4.52. The Balaban J connectivity index is 1.31. The monoisotopic (exact) mass is 347 g/mol. The van der Waals surface area contributed by atoms with E-state index in [1.54, 1.807) is 0 Å². The van der Waals surface area contributed by atoms with Gasteiger partial charge >= 0.3 is 0 Å². The summed E-state index contributed by atoms with van der Waals surface area (Å²) >= 11 is 0. The van der Waals surface area contributed by atoms with Gasteiger partial charge < -0.3 is 9.42 Å². The number of likely N-dealkylation sites (tertiary alicyclic amines) is 1. The van der Waals surface area contributed by atoms with E-state index >= 15 is 0 Å². The fourth-order valence-corrected chi connectivity index (χ4v) is 3.23. The molecule has 3 aromatic rings. The van der Waals surface area contributed by atoms with Crippen LogP contribution in [0.1, 0.15) is 34.3 Å².